The summed E-state index contributed by atoms with van der Waals surface area (Å²) in [5.74, 6) is 0.943. The Kier molecular flexibility index (Phi) is 7.33. The molecule has 0 aromatic heterocycles. The Morgan fingerprint density at radius 1 is 1.03 bits per heavy atom. The number of nitrogens with zero attached hydrogens (tertiary/aromatic N) is 2. The first-order chi connectivity index (χ1) is 16.2. The Balaban J connectivity index is 1.32. The fourth-order valence-electron chi connectivity index (χ4n) is 4.89. The number of benzene rings is 2. The number of piperidine rings is 2. The van der Waals surface area contributed by atoms with Gasteiger partial charge in [0.15, 0.2) is 0 Å². The van der Waals surface area contributed by atoms with Crippen molar-refractivity contribution >= 4 is 5.69 Å². The fraction of sp³-hybridized carbons (Fsp3) is 0.538. The number of hydrogen-bond acceptors (Lipinski definition) is 7. The van der Waals surface area contributed by atoms with E-state index >= 15 is 0 Å². The van der Waals surface area contributed by atoms with Crippen molar-refractivity contribution in [1.29, 1.82) is 0 Å². The average Bonchev–Trinajstić information content (AvgIpc) is 2.83. The van der Waals surface area contributed by atoms with Crippen molar-refractivity contribution in [2.75, 3.05) is 51.3 Å². The molecule has 0 bridgehead atoms. The van der Waals surface area contributed by atoms with E-state index < -0.39 is 17.3 Å². The number of rotatable bonds is 7. The standard InChI is InChI=1S/C26H35FN2O5/c1-19-15-22(7-8-23(19)27)34-18-26(32)17-28(12-9-24(26)30)16-25(31)10-13-29(14-11-25)20-3-5-21(33-2)6-4-20/h3-8,15,24,30-32H,9-14,16-18H2,1-2H3/t24-,26-/m0/s1. The predicted molar refractivity (Wildman–Crippen MR) is 128 cm³/mol. The van der Waals surface area contributed by atoms with E-state index in [2.05, 4.69) is 4.90 Å². The molecule has 0 amide bonds. The minimum atomic E-state index is -1.47. The van der Waals surface area contributed by atoms with Crippen LogP contribution in [0.15, 0.2) is 42.5 Å². The van der Waals surface area contributed by atoms with E-state index in [-0.39, 0.29) is 19.0 Å². The Morgan fingerprint density at radius 3 is 2.35 bits per heavy atom. The van der Waals surface area contributed by atoms with Gasteiger partial charge in [-0.3, -0.25) is 4.90 Å². The first-order valence-corrected chi connectivity index (χ1v) is 11.8. The molecule has 186 valence electrons. The van der Waals surface area contributed by atoms with Gasteiger partial charge in [-0.15, -0.1) is 0 Å². The Morgan fingerprint density at radius 2 is 1.71 bits per heavy atom. The molecule has 2 fully saturated rings. The highest BCUT2D eigenvalue weighted by Crippen LogP contribution is 2.31. The zero-order valence-electron chi connectivity index (χ0n) is 19.9. The molecule has 7 nitrogen and oxygen atoms in total. The number of aliphatic hydroxyl groups excluding tert-OH is 1. The summed E-state index contributed by atoms with van der Waals surface area (Å²) < 4.78 is 24.5. The third-order valence-corrected chi connectivity index (χ3v) is 7.10. The smallest absolute Gasteiger partial charge is 0.137 e. The van der Waals surface area contributed by atoms with Crippen LogP contribution in [0, 0.1) is 12.7 Å². The van der Waals surface area contributed by atoms with Gasteiger partial charge in [-0.05, 0) is 74.2 Å². The van der Waals surface area contributed by atoms with Gasteiger partial charge in [0.25, 0.3) is 0 Å². The van der Waals surface area contributed by atoms with E-state index in [1.54, 1.807) is 20.1 Å². The number of halogens is 1. The van der Waals surface area contributed by atoms with Crippen LogP contribution in [-0.4, -0.2) is 84.0 Å². The van der Waals surface area contributed by atoms with Gasteiger partial charge in [-0.1, -0.05) is 0 Å². The molecule has 0 saturated carbocycles. The van der Waals surface area contributed by atoms with Crippen LogP contribution in [-0.2, 0) is 0 Å². The fourth-order valence-corrected chi connectivity index (χ4v) is 4.89. The van der Waals surface area contributed by atoms with Crippen LogP contribution in [0.5, 0.6) is 11.5 Å². The summed E-state index contributed by atoms with van der Waals surface area (Å²) in [7, 11) is 1.65. The highest BCUT2D eigenvalue weighted by molar-refractivity contribution is 5.49. The largest absolute Gasteiger partial charge is 0.497 e. The van der Waals surface area contributed by atoms with Crippen LogP contribution in [0.3, 0.4) is 0 Å². The van der Waals surface area contributed by atoms with E-state index in [0.717, 1.165) is 24.5 Å². The zero-order valence-corrected chi connectivity index (χ0v) is 19.9. The maximum absolute atomic E-state index is 13.5. The zero-order chi connectivity index (χ0) is 24.3. The molecule has 0 unspecified atom stereocenters. The van der Waals surface area contributed by atoms with Gasteiger partial charge in [0.2, 0.25) is 0 Å². The van der Waals surface area contributed by atoms with Crippen LogP contribution in [0.4, 0.5) is 10.1 Å². The highest BCUT2D eigenvalue weighted by Gasteiger charge is 2.44. The summed E-state index contributed by atoms with van der Waals surface area (Å²) >= 11 is 0. The minimum absolute atomic E-state index is 0.112. The molecule has 3 N–H and O–H groups in total. The summed E-state index contributed by atoms with van der Waals surface area (Å²) in [6.07, 6.45) is 0.678. The van der Waals surface area contributed by atoms with Crippen molar-refractivity contribution in [2.45, 2.75) is 43.5 Å². The monoisotopic (exact) mass is 474 g/mol. The number of hydrogen-bond donors (Lipinski definition) is 3. The molecule has 4 rings (SSSR count). The van der Waals surface area contributed by atoms with E-state index in [0.29, 0.717) is 43.7 Å². The van der Waals surface area contributed by atoms with Crippen LogP contribution < -0.4 is 14.4 Å². The van der Waals surface area contributed by atoms with Gasteiger partial charge in [0.05, 0.1) is 18.8 Å². The van der Waals surface area contributed by atoms with Gasteiger partial charge in [-0.25, -0.2) is 4.39 Å². The van der Waals surface area contributed by atoms with Crippen LogP contribution in [0.1, 0.15) is 24.8 Å². The van der Waals surface area contributed by atoms with Gasteiger partial charge >= 0.3 is 0 Å². The minimum Gasteiger partial charge on any atom is -0.497 e. The first kappa shape index (κ1) is 24.7. The molecule has 2 atom stereocenters. The molecule has 2 aliphatic heterocycles. The summed E-state index contributed by atoms with van der Waals surface area (Å²) in [5.41, 5.74) is -0.771. The molecule has 2 aromatic carbocycles. The van der Waals surface area contributed by atoms with Crippen LogP contribution in [0.2, 0.25) is 0 Å². The van der Waals surface area contributed by atoms with Crippen molar-refractivity contribution in [1.82, 2.24) is 4.90 Å². The van der Waals surface area contributed by atoms with E-state index in [4.69, 9.17) is 9.47 Å². The highest BCUT2D eigenvalue weighted by atomic mass is 19.1. The normalized spacial score (nSPS) is 25.2. The quantitative estimate of drug-likeness (QED) is 0.568. The molecule has 0 aliphatic carbocycles. The summed E-state index contributed by atoms with van der Waals surface area (Å²) in [6.45, 7) is 4.21. The Bertz CT molecular complexity index is 964. The molecule has 0 radical (unpaired) electrons. The molecule has 2 heterocycles. The van der Waals surface area contributed by atoms with Gasteiger partial charge in [-0.2, -0.15) is 0 Å². The van der Waals surface area contributed by atoms with Crippen molar-refractivity contribution in [3.05, 3.63) is 53.8 Å². The summed E-state index contributed by atoms with van der Waals surface area (Å²) in [5, 5.41) is 32.9. The number of anilines is 1. The van der Waals surface area contributed by atoms with Crippen molar-refractivity contribution in [2.24, 2.45) is 0 Å². The second kappa shape index (κ2) is 10.1. The van der Waals surface area contributed by atoms with E-state index in [1.165, 1.54) is 12.1 Å². The topological polar surface area (TPSA) is 85.6 Å². The van der Waals surface area contributed by atoms with Crippen molar-refractivity contribution < 1.29 is 29.2 Å². The number of aryl methyl sites for hydroxylation is 1. The molecular formula is C26H35FN2O5. The number of likely N-dealkylation sites (tertiary alicyclic amines) is 1. The molecule has 0 spiro atoms. The maximum Gasteiger partial charge on any atom is 0.137 e. The SMILES string of the molecule is COc1ccc(N2CCC(O)(CN3CC[C@H](O)[C@@](O)(COc4ccc(F)c(C)c4)C3)CC2)cc1. The molecule has 8 heteroatoms. The van der Waals surface area contributed by atoms with Crippen LogP contribution >= 0.6 is 0 Å². The van der Waals surface area contributed by atoms with E-state index in [1.807, 2.05) is 29.2 Å². The van der Waals surface area contributed by atoms with E-state index in [9.17, 15) is 19.7 Å². The average molecular weight is 475 g/mol. The number of methoxy groups -OCH3 is 1. The number of β-amino-alcohol motifs (C(OH)–C–C–N with tert-alkyl or cyclic N) is 2. The van der Waals surface area contributed by atoms with Gasteiger partial charge in [0, 0.05) is 38.4 Å². The van der Waals surface area contributed by atoms with Crippen LogP contribution in [0.25, 0.3) is 0 Å². The Hall–Kier alpha value is -2.39. The Labute approximate surface area is 200 Å². The lowest BCUT2D eigenvalue weighted by atomic mass is 9.86. The molecule has 34 heavy (non-hydrogen) atoms. The lowest BCUT2D eigenvalue weighted by molar-refractivity contribution is -0.149. The lowest BCUT2D eigenvalue weighted by Crippen LogP contribution is -2.62. The van der Waals surface area contributed by atoms with Crippen molar-refractivity contribution in [3.63, 3.8) is 0 Å². The molecule has 2 aromatic rings. The van der Waals surface area contributed by atoms with Gasteiger partial charge < -0.3 is 29.7 Å². The third-order valence-electron chi connectivity index (χ3n) is 7.10. The second-order valence-electron chi connectivity index (χ2n) is 9.73. The van der Waals surface area contributed by atoms with Gasteiger partial charge in [0.1, 0.15) is 29.5 Å². The number of aliphatic hydroxyl groups is 3. The predicted octanol–water partition coefficient (Wildman–Crippen LogP) is 2.35. The third kappa shape index (κ3) is 5.63. The lowest BCUT2D eigenvalue weighted by Gasteiger charge is -2.46. The summed E-state index contributed by atoms with van der Waals surface area (Å²) in [6, 6.07) is 12.3. The number of ether oxygens (including phenoxy) is 2. The second-order valence-corrected chi connectivity index (χ2v) is 9.73. The maximum atomic E-state index is 13.5. The molecule has 2 aliphatic rings. The molecule has 2 saturated heterocycles. The van der Waals surface area contributed by atoms with Crippen molar-refractivity contribution in [3.8, 4) is 11.5 Å². The summed E-state index contributed by atoms with van der Waals surface area (Å²) in [4.78, 5) is 4.26. The molecular weight excluding hydrogens is 439 g/mol. The first-order valence-electron chi connectivity index (χ1n) is 11.8.